The molecule has 1 aliphatic rings. The minimum absolute atomic E-state index is 0.429. The largest absolute Gasteiger partial charge is 0.385 e. The van der Waals surface area contributed by atoms with Crippen molar-refractivity contribution >= 4 is 11.8 Å². The fraction of sp³-hybridized carbons (Fsp3) is 1.00. The van der Waals surface area contributed by atoms with Crippen LogP contribution in [0.4, 0.5) is 0 Å². The summed E-state index contributed by atoms with van der Waals surface area (Å²) in [4.78, 5) is 0. The van der Waals surface area contributed by atoms with Crippen LogP contribution in [0.3, 0.4) is 0 Å². The molecular weight excluding hydrogens is 194 g/mol. The summed E-state index contributed by atoms with van der Waals surface area (Å²) in [6.45, 7) is 3.22. The van der Waals surface area contributed by atoms with Gasteiger partial charge in [0, 0.05) is 25.0 Å². The Balaban J connectivity index is 2.14. The highest BCUT2D eigenvalue weighted by molar-refractivity contribution is 7.99. The molecule has 0 aromatic carbocycles. The summed E-state index contributed by atoms with van der Waals surface area (Å²) in [7, 11) is 1.76. The molecule has 0 amide bonds. The summed E-state index contributed by atoms with van der Waals surface area (Å²) >= 11 is 2.04. The Morgan fingerprint density at radius 1 is 1.43 bits per heavy atom. The van der Waals surface area contributed by atoms with E-state index in [-0.39, 0.29) is 0 Å². The van der Waals surface area contributed by atoms with E-state index in [1.54, 1.807) is 7.11 Å². The monoisotopic (exact) mass is 217 g/mol. The van der Waals surface area contributed by atoms with Gasteiger partial charge < -0.3 is 10.5 Å². The normalized spacial score (nSPS) is 33.2. The average Bonchev–Trinajstić information content (AvgIpc) is 2.18. The lowest BCUT2D eigenvalue weighted by atomic mass is 9.87. The van der Waals surface area contributed by atoms with Crippen molar-refractivity contribution in [3.8, 4) is 0 Å². The Bertz CT molecular complexity index is 154. The molecule has 2 nitrogen and oxygen atoms in total. The Hall–Kier alpha value is 0.270. The van der Waals surface area contributed by atoms with Gasteiger partial charge in [-0.15, -0.1) is 0 Å². The number of methoxy groups -OCH3 is 1. The van der Waals surface area contributed by atoms with Gasteiger partial charge in [0.25, 0.3) is 0 Å². The van der Waals surface area contributed by atoms with Crippen molar-refractivity contribution in [2.75, 3.05) is 19.5 Å². The van der Waals surface area contributed by atoms with Crippen LogP contribution in [0.15, 0.2) is 0 Å². The zero-order valence-electron chi connectivity index (χ0n) is 9.37. The van der Waals surface area contributed by atoms with Crippen molar-refractivity contribution in [1.29, 1.82) is 0 Å². The summed E-state index contributed by atoms with van der Waals surface area (Å²) in [5.74, 6) is 2.06. The maximum Gasteiger partial charge on any atom is 0.0470 e. The van der Waals surface area contributed by atoms with Gasteiger partial charge in [-0.05, 0) is 37.4 Å². The van der Waals surface area contributed by atoms with E-state index in [2.05, 4.69) is 6.92 Å². The smallest absolute Gasteiger partial charge is 0.0470 e. The molecule has 3 atom stereocenters. The number of thioether (sulfide) groups is 1. The lowest BCUT2D eigenvalue weighted by Crippen LogP contribution is -2.38. The summed E-state index contributed by atoms with van der Waals surface area (Å²) < 4.78 is 5.03. The molecule has 0 saturated heterocycles. The van der Waals surface area contributed by atoms with Gasteiger partial charge in [-0.25, -0.2) is 0 Å². The second-order valence-electron chi connectivity index (χ2n) is 4.34. The van der Waals surface area contributed by atoms with Gasteiger partial charge in [0.2, 0.25) is 0 Å². The number of nitrogens with two attached hydrogens (primary N) is 1. The maximum atomic E-state index is 6.10. The van der Waals surface area contributed by atoms with Gasteiger partial charge in [0.15, 0.2) is 0 Å². The maximum absolute atomic E-state index is 6.10. The van der Waals surface area contributed by atoms with E-state index in [0.717, 1.165) is 18.9 Å². The van der Waals surface area contributed by atoms with Gasteiger partial charge in [-0.1, -0.05) is 6.92 Å². The van der Waals surface area contributed by atoms with Crippen LogP contribution in [0, 0.1) is 5.92 Å². The highest BCUT2D eigenvalue weighted by Crippen LogP contribution is 2.31. The number of rotatable bonds is 5. The van der Waals surface area contributed by atoms with Crippen molar-refractivity contribution in [3.05, 3.63) is 0 Å². The molecule has 3 heteroatoms. The summed E-state index contributed by atoms with van der Waals surface area (Å²) in [6, 6.07) is 0.429. The number of hydrogen-bond acceptors (Lipinski definition) is 3. The molecule has 0 heterocycles. The molecule has 1 saturated carbocycles. The van der Waals surface area contributed by atoms with Crippen molar-refractivity contribution in [1.82, 2.24) is 0 Å². The molecule has 1 rings (SSSR count). The first-order valence-corrected chi connectivity index (χ1v) is 6.65. The predicted molar refractivity (Wildman–Crippen MR) is 63.7 cm³/mol. The Kier molecular flexibility index (Phi) is 5.90. The molecule has 14 heavy (non-hydrogen) atoms. The number of hydrogen-bond donors (Lipinski definition) is 1. The van der Waals surface area contributed by atoms with E-state index in [1.807, 2.05) is 11.8 Å². The van der Waals surface area contributed by atoms with Crippen molar-refractivity contribution < 1.29 is 4.74 Å². The zero-order valence-corrected chi connectivity index (χ0v) is 10.2. The molecule has 0 aromatic heterocycles. The van der Waals surface area contributed by atoms with Crippen LogP contribution in [0.25, 0.3) is 0 Å². The highest BCUT2D eigenvalue weighted by atomic mass is 32.2. The van der Waals surface area contributed by atoms with Gasteiger partial charge in [-0.2, -0.15) is 11.8 Å². The van der Waals surface area contributed by atoms with Crippen molar-refractivity contribution in [2.24, 2.45) is 11.7 Å². The van der Waals surface area contributed by atoms with Gasteiger partial charge in [0.1, 0.15) is 0 Å². The third-order valence-electron chi connectivity index (χ3n) is 2.93. The van der Waals surface area contributed by atoms with Crippen LogP contribution in [0.5, 0.6) is 0 Å². The topological polar surface area (TPSA) is 35.2 Å². The average molecular weight is 217 g/mol. The van der Waals surface area contributed by atoms with E-state index < -0.39 is 0 Å². The molecule has 84 valence electrons. The lowest BCUT2D eigenvalue weighted by molar-refractivity contribution is 0.200. The SMILES string of the molecule is COCCCSC1CC(C)CCC1N. The molecule has 0 bridgehead atoms. The van der Waals surface area contributed by atoms with Gasteiger partial charge in [0.05, 0.1) is 0 Å². The Labute approximate surface area is 92.0 Å². The summed E-state index contributed by atoms with van der Waals surface area (Å²) in [5.41, 5.74) is 6.10. The predicted octanol–water partition coefficient (Wildman–Crippen LogP) is 2.27. The number of ether oxygens (including phenoxy) is 1. The van der Waals surface area contributed by atoms with E-state index in [9.17, 15) is 0 Å². The van der Waals surface area contributed by atoms with Crippen LogP contribution in [-0.4, -0.2) is 30.8 Å². The van der Waals surface area contributed by atoms with Crippen LogP contribution in [-0.2, 0) is 4.74 Å². The molecule has 0 spiro atoms. The third kappa shape index (κ3) is 4.20. The van der Waals surface area contributed by atoms with Crippen molar-refractivity contribution in [2.45, 2.75) is 43.9 Å². The van der Waals surface area contributed by atoms with E-state index in [1.165, 1.54) is 25.0 Å². The van der Waals surface area contributed by atoms with E-state index >= 15 is 0 Å². The first-order chi connectivity index (χ1) is 6.74. The third-order valence-corrected chi connectivity index (χ3v) is 4.42. The fourth-order valence-electron chi connectivity index (χ4n) is 1.98. The van der Waals surface area contributed by atoms with E-state index in [4.69, 9.17) is 10.5 Å². The summed E-state index contributed by atoms with van der Waals surface area (Å²) in [5, 5.41) is 0.690. The highest BCUT2D eigenvalue weighted by Gasteiger charge is 2.25. The molecule has 2 N–H and O–H groups in total. The lowest BCUT2D eigenvalue weighted by Gasteiger charge is -2.32. The molecular formula is C11H23NOS. The first-order valence-electron chi connectivity index (χ1n) is 5.60. The standard InChI is InChI=1S/C11H23NOS/c1-9-4-5-10(12)11(8-9)14-7-3-6-13-2/h9-11H,3-8,12H2,1-2H3. The first kappa shape index (κ1) is 12.3. The minimum atomic E-state index is 0.429. The zero-order chi connectivity index (χ0) is 10.4. The molecule has 1 fully saturated rings. The Morgan fingerprint density at radius 2 is 2.21 bits per heavy atom. The fourth-order valence-corrected chi connectivity index (χ4v) is 3.42. The molecule has 0 aliphatic heterocycles. The quantitative estimate of drug-likeness (QED) is 0.718. The van der Waals surface area contributed by atoms with E-state index in [0.29, 0.717) is 11.3 Å². The molecule has 1 aliphatic carbocycles. The van der Waals surface area contributed by atoms with Gasteiger partial charge in [-0.3, -0.25) is 0 Å². The molecule has 3 unspecified atom stereocenters. The minimum Gasteiger partial charge on any atom is -0.385 e. The van der Waals surface area contributed by atoms with Crippen LogP contribution < -0.4 is 5.73 Å². The molecule has 0 aromatic rings. The van der Waals surface area contributed by atoms with Gasteiger partial charge >= 0.3 is 0 Å². The van der Waals surface area contributed by atoms with Crippen LogP contribution in [0.1, 0.15) is 32.6 Å². The Morgan fingerprint density at radius 3 is 2.93 bits per heavy atom. The second kappa shape index (κ2) is 6.70. The van der Waals surface area contributed by atoms with Crippen LogP contribution >= 0.6 is 11.8 Å². The van der Waals surface area contributed by atoms with Crippen molar-refractivity contribution in [3.63, 3.8) is 0 Å². The van der Waals surface area contributed by atoms with Crippen LogP contribution in [0.2, 0.25) is 0 Å². The summed E-state index contributed by atoms with van der Waals surface area (Å²) in [6.07, 6.45) is 4.98. The second-order valence-corrected chi connectivity index (χ2v) is 5.68. The molecule has 0 radical (unpaired) electrons.